The minimum Gasteiger partial charge on any atom is -0.368 e. The van der Waals surface area contributed by atoms with Gasteiger partial charge in [-0.2, -0.15) is 5.10 Å². The summed E-state index contributed by atoms with van der Waals surface area (Å²) in [4.78, 5) is 12.8. The van der Waals surface area contributed by atoms with E-state index in [9.17, 15) is 10.1 Å². The normalized spacial score (nSPS) is 18.4. The third kappa shape index (κ3) is 3.27. The van der Waals surface area contributed by atoms with Crippen molar-refractivity contribution in [3.8, 4) is 0 Å². The minimum absolute atomic E-state index is 0.147. The molecule has 6 heteroatoms. The van der Waals surface area contributed by atoms with Gasteiger partial charge in [0.15, 0.2) is 0 Å². The van der Waals surface area contributed by atoms with E-state index in [4.69, 9.17) is 0 Å². The molecule has 116 valence electrons. The van der Waals surface area contributed by atoms with Crippen molar-refractivity contribution in [2.75, 3.05) is 11.4 Å². The zero-order valence-corrected chi connectivity index (χ0v) is 12.5. The highest BCUT2D eigenvalue weighted by Gasteiger charge is 2.23. The summed E-state index contributed by atoms with van der Waals surface area (Å²) < 4.78 is 1.96. The predicted octanol–water partition coefficient (Wildman–Crippen LogP) is 3.24. The Hall–Kier alpha value is -2.37. The van der Waals surface area contributed by atoms with E-state index in [0.29, 0.717) is 6.04 Å². The van der Waals surface area contributed by atoms with E-state index in [-0.39, 0.29) is 10.6 Å². The molecule has 1 aliphatic heterocycles. The maximum atomic E-state index is 10.8. The summed E-state index contributed by atoms with van der Waals surface area (Å²) in [5.74, 6) is 0. The highest BCUT2D eigenvalue weighted by Crippen LogP contribution is 2.28. The van der Waals surface area contributed by atoms with Gasteiger partial charge in [0.1, 0.15) is 0 Å². The fraction of sp³-hybridized carbons (Fsp3) is 0.438. The van der Waals surface area contributed by atoms with Gasteiger partial charge >= 0.3 is 0 Å². The molecule has 2 aromatic rings. The molecule has 0 amide bonds. The van der Waals surface area contributed by atoms with Crippen molar-refractivity contribution in [3.05, 3.63) is 52.8 Å². The molecule has 6 nitrogen and oxygen atoms in total. The largest absolute Gasteiger partial charge is 0.368 e. The molecule has 0 radical (unpaired) electrons. The van der Waals surface area contributed by atoms with E-state index in [1.807, 2.05) is 29.1 Å². The number of piperidine rings is 1. The molecule has 3 rings (SSSR count). The molecule has 1 aromatic heterocycles. The quantitative estimate of drug-likeness (QED) is 0.628. The number of non-ortho nitro benzene ring substituents is 1. The molecule has 1 aliphatic rings. The van der Waals surface area contributed by atoms with Crippen LogP contribution in [-0.2, 0) is 6.54 Å². The van der Waals surface area contributed by atoms with Crippen LogP contribution < -0.4 is 4.90 Å². The summed E-state index contributed by atoms with van der Waals surface area (Å²) in [5, 5.41) is 15.0. The molecule has 0 spiro atoms. The summed E-state index contributed by atoms with van der Waals surface area (Å²) in [5.41, 5.74) is 1.23. The van der Waals surface area contributed by atoms with Gasteiger partial charge in [-0.05, 0) is 43.9 Å². The van der Waals surface area contributed by atoms with Crippen molar-refractivity contribution >= 4 is 11.4 Å². The van der Waals surface area contributed by atoms with E-state index >= 15 is 0 Å². The molecule has 2 heterocycles. The lowest BCUT2D eigenvalue weighted by atomic mass is 9.98. The zero-order chi connectivity index (χ0) is 15.4. The second kappa shape index (κ2) is 6.60. The Bertz CT molecular complexity index is 610. The number of aromatic nitrogens is 2. The first kappa shape index (κ1) is 14.6. The Morgan fingerprint density at radius 1 is 1.27 bits per heavy atom. The lowest BCUT2D eigenvalue weighted by molar-refractivity contribution is -0.384. The molecule has 1 unspecified atom stereocenters. The number of hydrogen-bond donors (Lipinski definition) is 0. The Morgan fingerprint density at radius 3 is 2.77 bits per heavy atom. The average Bonchev–Trinajstić information content (AvgIpc) is 3.07. The van der Waals surface area contributed by atoms with Crippen LogP contribution in [0.3, 0.4) is 0 Å². The standard InChI is InChI=1S/C16H20N4O2/c21-20(22)16-7-5-15(6-8-16)19-12-2-1-4-14(19)9-13-18-11-3-10-17-18/h3,5-8,10-11,14H,1-2,4,9,12-13H2. The average molecular weight is 300 g/mol. The molecule has 0 N–H and O–H groups in total. The van der Waals surface area contributed by atoms with Crippen LogP contribution in [0.2, 0.25) is 0 Å². The van der Waals surface area contributed by atoms with Gasteiger partial charge in [-0.3, -0.25) is 14.8 Å². The Labute approximate surface area is 129 Å². The second-order valence-electron chi connectivity index (χ2n) is 5.67. The number of nitro benzene ring substituents is 1. The third-order valence-corrected chi connectivity index (χ3v) is 4.27. The zero-order valence-electron chi connectivity index (χ0n) is 12.5. The van der Waals surface area contributed by atoms with Crippen molar-refractivity contribution in [1.82, 2.24) is 9.78 Å². The van der Waals surface area contributed by atoms with Crippen LogP contribution in [0.15, 0.2) is 42.7 Å². The number of nitrogens with zero attached hydrogens (tertiary/aromatic N) is 4. The first-order chi connectivity index (χ1) is 10.7. The van der Waals surface area contributed by atoms with Crippen LogP contribution in [-0.4, -0.2) is 27.3 Å². The van der Waals surface area contributed by atoms with Gasteiger partial charge in [-0.25, -0.2) is 0 Å². The number of rotatable bonds is 5. The van der Waals surface area contributed by atoms with Gasteiger partial charge < -0.3 is 4.90 Å². The summed E-state index contributed by atoms with van der Waals surface area (Å²) in [6.07, 6.45) is 8.41. The van der Waals surface area contributed by atoms with E-state index in [2.05, 4.69) is 10.00 Å². The molecule has 0 bridgehead atoms. The van der Waals surface area contributed by atoms with E-state index < -0.39 is 0 Å². The molecule has 1 saturated heterocycles. The summed E-state index contributed by atoms with van der Waals surface area (Å²) >= 11 is 0. The molecule has 0 aliphatic carbocycles. The van der Waals surface area contributed by atoms with Crippen molar-refractivity contribution < 1.29 is 4.92 Å². The van der Waals surface area contributed by atoms with Crippen LogP contribution in [0.4, 0.5) is 11.4 Å². The maximum Gasteiger partial charge on any atom is 0.269 e. The predicted molar refractivity (Wildman–Crippen MR) is 84.9 cm³/mol. The van der Waals surface area contributed by atoms with Crippen LogP contribution in [0.5, 0.6) is 0 Å². The van der Waals surface area contributed by atoms with Crippen molar-refractivity contribution in [3.63, 3.8) is 0 Å². The van der Waals surface area contributed by atoms with E-state index in [1.165, 1.54) is 12.8 Å². The van der Waals surface area contributed by atoms with Gasteiger partial charge in [-0.15, -0.1) is 0 Å². The van der Waals surface area contributed by atoms with Crippen molar-refractivity contribution in [2.45, 2.75) is 38.3 Å². The van der Waals surface area contributed by atoms with Gasteiger partial charge in [0, 0.05) is 49.3 Å². The molecule has 22 heavy (non-hydrogen) atoms. The number of anilines is 1. The first-order valence-electron chi connectivity index (χ1n) is 7.72. The minimum atomic E-state index is -0.352. The number of nitro groups is 1. The fourth-order valence-electron chi connectivity index (χ4n) is 3.12. The fourth-order valence-corrected chi connectivity index (χ4v) is 3.12. The van der Waals surface area contributed by atoms with Gasteiger partial charge in [-0.1, -0.05) is 0 Å². The first-order valence-corrected chi connectivity index (χ1v) is 7.72. The highest BCUT2D eigenvalue weighted by molar-refractivity contribution is 5.51. The molecule has 0 saturated carbocycles. The Balaban J connectivity index is 1.69. The third-order valence-electron chi connectivity index (χ3n) is 4.27. The van der Waals surface area contributed by atoms with Crippen molar-refractivity contribution in [2.24, 2.45) is 0 Å². The highest BCUT2D eigenvalue weighted by atomic mass is 16.6. The molecule has 1 aromatic carbocycles. The van der Waals surface area contributed by atoms with Gasteiger partial charge in [0.05, 0.1) is 4.92 Å². The summed E-state index contributed by atoms with van der Waals surface area (Å²) in [6, 6.07) is 9.33. The molecular weight excluding hydrogens is 280 g/mol. The van der Waals surface area contributed by atoms with E-state index in [0.717, 1.165) is 31.6 Å². The molecule has 1 fully saturated rings. The lowest BCUT2D eigenvalue weighted by Crippen LogP contribution is -2.40. The van der Waals surface area contributed by atoms with Crippen LogP contribution >= 0.6 is 0 Å². The van der Waals surface area contributed by atoms with Crippen molar-refractivity contribution in [1.29, 1.82) is 0 Å². The van der Waals surface area contributed by atoms with Gasteiger partial charge in [0.2, 0.25) is 0 Å². The maximum absolute atomic E-state index is 10.8. The monoisotopic (exact) mass is 300 g/mol. The van der Waals surface area contributed by atoms with Crippen LogP contribution in [0, 0.1) is 10.1 Å². The number of hydrogen-bond acceptors (Lipinski definition) is 4. The summed E-state index contributed by atoms with van der Waals surface area (Å²) in [6.45, 7) is 1.92. The number of benzene rings is 1. The Kier molecular flexibility index (Phi) is 4.37. The number of aryl methyl sites for hydroxylation is 1. The van der Waals surface area contributed by atoms with E-state index in [1.54, 1.807) is 18.3 Å². The Morgan fingerprint density at radius 2 is 2.09 bits per heavy atom. The molecular formula is C16H20N4O2. The van der Waals surface area contributed by atoms with Gasteiger partial charge in [0.25, 0.3) is 5.69 Å². The molecule has 1 atom stereocenters. The SMILES string of the molecule is O=[N+]([O-])c1ccc(N2CCCCC2CCn2cccn2)cc1. The topological polar surface area (TPSA) is 64.2 Å². The second-order valence-corrected chi connectivity index (χ2v) is 5.67. The van der Waals surface area contributed by atoms with Crippen LogP contribution in [0.25, 0.3) is 0 Å². The smallest absolute Gasteiger partial charge is 0.269 e. The summed E-state index contributed by atoms with van der Waals surface area (Å²) in [7, 11) is 0. The van der Waals surface area contributed by atoms with Crippen LogP contribution in [0.1, 0.15) is 25.7 Å². The lowest BCUT2D eigenvalue weighted by Gasteiger charge is -2.37.